The molecule has 2 aromatic carbocycles. The largest absolute Gasteiger partial charge is 0.772 e. The van der Waals surface area contributed by atoms with Crippen molar-refractivity contribution in [1.82, 2.24) is 4.57 Å². The van der Waals surface area contributed by atoms with Gasteiger partial charge in [-0.2, -0.15) is 0 Å². The van der Waals surface area contributed by atoms with E-state index in [9.17, 15) is 17.9 Å². The number of benzene rings is 2. The smallest absolute Gasteiger partial charge is 0.339 e. The van der Waals surface area contributed by atoms with Crippen LogP contribution in [0.5, 0.6) is 0 Å². The van der Waals surface area contributed by atoms with Crippen LogP contribution in [-0.4, -0.2) is 26.4 Å². The van der Waals surface area contributed by atoms with Gasteiger partial charge in [0.15, 0.2) is 0 Å². The summed E-state index contributed by atoms with van der Waals surface area (Å²) in [5.74, 6) is -0.882. The number of carbonyl (C=O) groups excluding carboxylic acids is 1. The van der Waals surface area contributed by atoms with Crippen molar-refractivity contribution in [3.63, 3.8) is 0 Å². The van der Waals surface area contributed by atoms with Gasteiger partial charge in [0, 0.05) is 17.1 Å². The molecule has 0 spiro atoms. The van der Waals surface area contributed by atoms with Gasteiger partial charge < -0.3 is 13.9 Å². The molecule has 3 rings (SSSR count). The number of methoxy groups -OCH3 is 1. The molecule has 1 aromatic heterocycles. The molecule has 0 radical (unpaired) electrons. The van der Waals surface area contributed by atoms with Gasteiger partial charge in [-0.05, 0) is 48.4 Å². The summed E-state index contributed by atoms with van der Waals surface area (Å²) in [5.41, 5.74) is 3.93. The van der Waals surface area contributed by atoms with E-state index >= 15 is 0 Å². The van der Waals surface area contributed by atoms with Crippen LogP contribution < -0.4 is 0 Å². The Hall–Kier alpha value is -2.77. The van der Waals surface area contributed by atoms with Gasteiger partial charge in [-0.3, -0.25) is 4.21 Å². The Balaban J connectivity index is 2.14. The molecule has 1 unspecified atom stereocenters. The summed E-state index contributed by atoms with van der Waals surface area (Å²) in [6.45, 7) is 1.79. The third-order valence-electron chi connectivity index (χ3n) is 4.27. The number of hydrogen-bond donors (Lipinski definition) is 0. The van der Waals surface area contributed by atoms with Crippen LogP contribution in [0.25, 0.3) is 16.9 Å². The zero-order chi connectivity index (χ0) is 19.6. The molecule has 0 amide bonds. The number of esters is 1. The van der Waals surface area contributed by atoms with Crippen LogP contribution in [0.3, 0.4) is 0 Å². The van der Waals surface area contributed by atoms with Crippen molar-refractivity contribution in [1.29, 1.82) is 0 Å². The van der Waals surface area contributed by atoms with Crippen LogP contribution in [0.1, 0.15) is 21.6 Å². The van der Waals surface area contributed by atoms with E-state index in [0.29, 0.717) is 28.2 Å². The van der Waals surface area contributed by atoms with E-state index in [1.807, 2.05) is 4.57 Å². The van der Waals surface area contributed by atoms with Crippen molar-refractivity contribution in [3.8, 4) is 16.9 Å². The molecule has 1 heterocycles. The number of halogens is 1. The lowest BCUT2D eigenvalue weighted by Crippen LogP contribution is -2.04. The van der Waals surface area contributed by atoms with Gasteiger partial charge >= 0.3 is 5.97 Å². The normalized spacial score (nSPS) is 12.0. The number of ether oxygens (including phenoxy) is 1. The number of aromatic nitrogens is 1. The first-order valence-corrected chi connectivity index (χ1v) is 9.37. The summed E-state index contributed by atoms with van der Waals surface area (Å²) in [5, 5.41) is 0. The quantitative estimate of drug-likeness (QED) is 0.494. The first kappa shape index (κ1) is 19.0. The van der Waals surface area contributed by atoms with E-state index in [-0.39, 0.29) is 11.6 Å². The van der Waals surface area contributed by atoms with E-state index in [4.69, 9.17) is 4.74 Å². The molecule has 0 aliphatic heterocycles. The molecule has 7 heteroatoms. The van der Waals surface area contributed by atoms with Crippen molar-refractivity contribution in [2.45, 2.75) is 12.7 Å². The number of hydrogen-bond acceptors (Lipinski definition) is 4. The summed E-state index contributed by atoms with van der Waals surface area (Å²) in [4.78, 5) is 12.1. The van der Waals surface area contributed by atoms with E-state index in [2.05, 4.69) is 0 Å². The van der Waals surface area contributed by atoms with Crippen LogP contribution in [0, 0.1) is 12.7 Å². The average molecular weight is 386 g/mol. The molecule has 3 aromatic rings. The lowest BCUT2D eigenvalue weighted by Gasteiger charge is -2.13. The second-order valence-electron chi connectivity index (χ2n) is 5.98. The zero-order valence-corrected chi connectivity index (χ0v) is 15.6. The van der Waals surface area contributed by atoms with Gasteiger partial charge in [-0.15, -0.1) is 0 Å². The highest BCUT2D eigenvalue weighted by Crippen LogP contribution is 2.30. The van der Waals surface area contributed by atoms with Crippen molar-refractivity contribution in [2.24, 2.45) is 0 Å². The topological polar surface area (TPSA) is 71.4 Å². The fourth-order valence-electron chi connectivity index (χ4n) is 2.97. The van der Waals surface area contributed by atoms with Gasteiger partial charge in [0.1, 0.15) is 5.82 Å². The minimum absolute atomic E-state index is 0.0638. The molecule has 27 heavy (non-hydrogen) atoms. The van der Waals surface area contributed by atoms with E-state index in [1.54, 1.807) is 49.4 Å². The predicted molar refractivity (Wildman–Crippen MR) is 99.9 cm³/mol. The standard InChI is InChI=1S/C20H18FNO4S/c1-13-18(20(23)26-2)11-19(22(13)17-9-7-16(21)8-10-17)15-5-3-14(4-6-15)12-27(24)25/h3-11H,12H2,1-2H3,(H,24,25)/p-1. The summed E-state index contributed by atoms with van der Waals surface area (Å²) in [6.07, 6.45) is 0. The average Bonchev–Trinajstić information content (AvgIpc) is 2.99. The van der Waals surface area contributed by atoms with Crippen LogP contribution in [0.15, 0.2) is 54.6 Å². The van der Waals surface area contributed by atoms with Crippen molar-refractivity contribution in [2.75, 3.05) is 7.11 Å². The SMILES string of the molecule is COC(=O)c1cc(-c2ccc(CS(=O)[O-])cc2)n(-c2ccc(F)cc2)c1C. The highest BCUT2D eigenvalue weighted by Gasteiger charge is 2.20. The third kappa shape index (κ3) is 3.99. The molecule has 0 aliphatic carbocycles. The highest BCUT2D eigenvalue weighted by molar-refractivity contribution is 7.78. The summed E-state index contributed by atoms with van der Waals surface area (Å²) in [7, 11) is 1.31. The molecular weight excluding hydrogens is 369 g/mol. The molecule has 0 saturated carbocycles. The lowest BCUT2D eigenvalue weighted by atomic mass is 10.1. The van der Waals surface area contributed by atoms with E-state index < -0.39 is 17.0 Å². The summed E-state index contributed by atoms with van der Waals surface area (Å²) >= 11 is -2.16. The Morgan fingerprint density at radius 2 is 1.78 bits per heavy atom. The van der Waals surface area contributed by atoms with Gasteiger partial charge in [-0.1, -0.05) is 35.3 Å². The van der Waals surface area contributed by atoms with Gasteiger partial charge in [0.05, 0.1) is 18.4 Å². The van der Waals surface area contributed by atoms with Crippen molar-refractivity contribution in [3.05, 3.63) is 77.2 Å². The van der Waals surface area contributed by atoms with Gasteiger partial charge in [0.25, 0.3) is 0 Å². The number of nitrogens with zero attached hydrogens (tertiary/aromatic N) is 1. The van der Waals surface area contributed by atoms with Crippen LogP contribution in [0.2, 0.25) is 0 Å². The first-order chi connectivity index (χ1) is 12.9. The highest BCUT2D eigenvalue weighted by atomic mass is 32.2. The molecule has 0 aliphatic rings. The van der Waals surface area contributed by atoms with Crippen LogP contribution in [-0.2, 0) is 21.6 Å². The minimum atomic E-state index is -2.16. The first-order valence-electron chi connectivity index (χ1n) is 8.12. The predicted octanol–water partition coefficient (Wildman–Crippen LogP) is 3.76. The maximum absolute atomic E-state index is 13.3. The van der Waals surface area contributed by atoms with Crippen molar-refractivity contribution < 1.29 is 22.7 Å². The molecule has 140 valence electrons. The van der Waals surface area contributed by atoms with Crippen LogP contribution in [0.4, 0.5) is 4.39 Å². The Kier molecular flexibility index (Phi) is 5.53. The molecule has 0 saturated heterocycles. The number of carbonyl (C=O) groups is 1. The second kappa shape index (κ2) is 7.85. The maximum Gasteiger partial charge on any atom is 0.339 e. The molecule has 0 bridgehead atoms. The Morgan fingerprint density at radius 1 is 1.15 bits per heavy atom. The number of rotatable bonds is 5. The zero-order valence-electron chi connectivity index (χ0n) is 14.8. The molecule has 0 N–H and O–H groups in total. The van der Waals surface area contributed by atoms with Crippen molar-refractivity contribution >= 4 is 17.0 Å². The molecule has 5 nitrogen and oxygen atoms in total. The monoisotopic (exact) mass is 386 g/mol. The van der Waals surface area contributed by atoms with E-state index in [1.165, 1.54) is 19.2 Å². The molecular formula is C20H17FNO4S-. The maximum atomic E-state index is 13.3. The Bertz CT molecular complexity index is 994. The van der Waals surface area contributed by atoms with Gasteiger partial charge in [0.2, 0.25) is 0 Å². The Labute approximate surface area is 158 Å². The fourth-order valence-corrected chi connectivity index (χ4v) is 3.43. The molecule has 1 atom stereocenters. The van der Waals surface area contributed by atoms with E-state index in [0.717, 1.165) is 5.56 Å². The van der Waals surface area contributed by atoms with Crippen LogP contribution >= 0.6 is 0 Å². The summed E-state index contributed by atoms with van der Waals surface area (Å²) < 4.78 is 41.7. The fraction of sp³-hybridized carbons (Fsp3) is 0.150. The minimum Gasteiger partial charge on any atom is -0.772 e. The molecule has 0 fully saturated rings. The lowest BCUT2D eigenvalue weighted by molar-refractivity contribution is 0.0600. The Morgan fingerprint density at radius 3 is 2.33 bits per heavy atom. The van der Waals surface area contributed by atoms with Gasteiger partial charge in [-0.25, -0.2) is 9.18 Å². The summed E-state index contributed by atoms with van der Waals surface area (Å²) in [6, 6.07) is 14.7. The third-order valence-corrected chi connectivity index (χ3v) is 4.84. The second-order valence-corrected chi connectivity index (χ2v) is 6.87.